The number of unbranched alkanes of at least 4 members (excludes halogenated alkanes) is 2. The second-order valence-electron chi connectivity index (χ2n) is 23.9. The van der Waals surface area contributed by atoms with Crippen LogP contribution in [-0.2, 0) is 54.4 Å². The number of nitrogens with one attached hydrogen (secondary N) is 4. The number of primary amides is 1. The number of hydrogen-bond donors (Lipinski definition) is 6. The Labute approximate surface area is 522 Å². The number of piperidine rings is 1. The van der Waals surface area contributed by atoms with Gasteiger partial charge in [0, 0.05) is 89.5 Å². The van der Waals surface area contributed by atoms with Crippen molar-refractivity contribution in [2.75, 3.05) is 57.7 Å². The molecule has 0 aliphatic carbocycles. The van der Waals surface area contributed by atoms with Gasteiger partial charge in [0.1, 0.15) is 36.4 Å². The minimum absolute atomic E-state index is 0.00361. The summed E-state index contributed by atoms with van der Waals surface area (Å²) in [5, 5.41) is 30.1. The van der Waals surface area contributed by atoms with Gasteiger partial charge < -0.3 is 61.0 Å². The van der Waals surface area contributed by atoms with Gasteiger partial charge in [-0.1, -0.05) is 63.6 Å². The molecule has 1 aromatic heterocycles. The average Bonchev–Trinajstić information content (AvgIpc) is 2.00. The number of halogens is 1. The highest BCUT2D eigenvalue weighted by Gasteiger charge is 2.33. The SMILES string of the molecule is CC(=O)N1CCC(n2nnc3c(F)cc(/C=C(\C)[C@@H]4OC(=O)C[C@H](O)CC[C@@H](C)[C@@H](OC(=O)N5CCN(C(=O)OCc6ccc(NC(=O)[C@H](CCCNC(N)=O)NC(=O)[C@@H](NC(=O)CCCCCN7C(=O)C=CC7=O)C(C)C)cc6)CC5)C=C[C@H]4C)cc32)CC1. The molecule has 488 valence electrons. The van der Waals surface area contributed by atoms with Crippen LogP contribution in [0.15, 0.2) is 66.3 Å². The van der Waals surface area contributed by atoms with Crippen LogP contribution in [0.1, 0.15) is 129 Å². The van der Waals surface area contributed by atoms with E-state index in [0.717, 1.165) is 4.90 Å². The van der Waals surface area contributed by atoms with E-state index in [0.29, 0.717) is 79.5 Å². The summed E-state index contributed by atoms with van der Waals surface area (Å²) in [7, 11) is 0. The Bertz CT molecular complexity index is 3150. The number of aliphatic hydroxyl groups excluding tert-OH is 1. The summed E-state index contributed by atoms with van der Waals surface area (Å²) in [5.74, 6) is -4.56. The van der Waals surface area contributed by atoms with E-state index in [4.69, 9.17) is 19.9 Å². The number of amides is 10. The molecule has 26 nitrogen and oxygen atoms in total. The minimum Gasteiger partial charge on any atom is -0.457 e. The van der Waals surface area contributed by atoms with E-state index in [1.165, 1.54) is 34.9 Å². The number of urea groups is 1. The Morgan fingerprint density at radius 2 is 1.50 bits per heavy atom. The number of ether oxygens (including phenoxy) is 3. The van der Waals surface area contributed by atoms with E-state index in [-0.39, 0.29) is 125 Å². The molecule has 0 unspecified atom stereocenters. The number of nitrogens with two attached hydrogens (primary N) is 1. The van der Waals surface area contributed by atoms with Crippen LogP contribution in [0.3, 0.4) is 0 Å². The number of piperazine rings is 1. The number of imide groups is 1. The number of anilines is 1. The molecule has 5 heterocycles. The highest BCUT2D eigenvalue weighted by atomic mass is 19.1. The molecule has 2 saturated heterocycles. The predicted molar refractivity (Wildman–Crippen MR) is 327 cm³/mol. The topological polar surface area (TPSA) is 336 Å². The molecule has 0 radical (unpaired) electrons. The quantitative estimate of drug-likeness (QED) is 0.0241. The lowest BCUT2D eigenvalue weighted by Gasteiger charge is -2.35. The van der Waals surface area contributed by atoms with Gasteiger partial charge in [0.25, 0.3) is 11.8 Å². The third kappa shape index (κ3) is 19.6. The average molecular weight is 1250 g/mol. The summed E-state index contributed by atoms with van der Waals surface area (Å²) in [4.78, 5) is 133. The highest BCUT2D eigenvalue weighted by Crippen LogP contribution is 2.31. The monoisotopic (exact) mass is 1250 g/mol. The van der Waals surface area contributed by atoms with Crippen molar-refractivity contribution in [3.63, 3.8) is 0 Å². The van der Waals surface area contributed by atoms with Gasteiger partial charge in [-0.25, -0.2) is 23.5 Å². The number of esters is 1. The number of cyclic esters (lactones) is 1. The van der Waals surface area contributed by atoms with E-state index in [1.54, 1.807) is 72.8 Å². The second-order valence-corrected chi connectivity index (χ2v) is 23.9. The number of likely N-dealkylation sites (tertiary alicyclic amines) is 1. The van der Waals surface area contributed by atoms with Gasteiger partial charge in [-0.3, -0.25) is 38.5 Å². The fraction of sp³-hybridized carbons (Fsp3) is 0.556. The maximum Gasteiger partial charge on any atom is 0.410 e. The van der Waals surface area contributed by atoms with Crippen LogP contribution in [0, 0.1) is 23.6 Å². The molecule has 4 aliphatic heterocycles. The van der Waals surface area contributed by atoms with Gasteiger partial charge in [-0.05, 0) is 117 Å². The van der Waals surface area contributed by atoms with Gasteiger partial charge in [-0.2, -0.15) is 0 Å². The summed E-state index contributed by atoms with van der Waals surface area (Å²) in [6.45, 7) is 12.5. The van der Waals surface area contributed by atoms with Crippen LogP contribution in [0.4, 0.5) is 24.5 Å². The Morgan fingerprint density at radius 3 is 2.16 bits per heavy atom. The first-order valence-electron chi connectivity index (χ1n) is 30.9. The van der Waals surface area contributed by atoms with Crippen molar-refractivity contribution in [3.05, 3.63) is 83.2 Å². The summed E-state index contributed by atoms with van der Waals surface area (Å²) in [6, 6.07) is 6.73. The molecule has 7 rings (SSSR count). The number of hydrogen-bond acceptors (Lipinski definition) is 16. The van der Waals surface area contributed by atoms with Crippen LogP contribution in [-0.4, -0.2) is 182 Å². The Kier molecular flexibility index (Phi) is 24.9. The molecule has 3 aromatic rings. The standard InChI is InChI=1S/C63H85FN12O14/c1-38(2)56(69-52(79)12-8-7-9-26-75-53(80)21-22-54(75)81)60(84)68-49(11-10-25-66-61(65)85)59(83)67-45-17-15-43(16-18-45)37-88-62(86)73-29-31-74(32-30-73)63(87)89-51-20-14-40(4)58(90-55(82)36-47(78)19-13-39(51)3)41(5)33-44-34-48(64)57-50(35-44)76(71-70-57)46-23-27-72(28-24-46)42(6)77/h14-18,20-22,33-35,38-40,46-47,49,51,56,58,78H,7-13,19,23-32,36-37H2,1-6H3,(H,67,83)(H,68,84)(H,69,79)(H3,65,66,85)/b20-14?,41-33+/t39-,40-,47-,49+,51+,56+,58-/m1/s1. The molecule has 7 atom stereocenters. The maximum absolute atomic E-state index is 15.6. The predicted octanol–water partition coefficient (Wildman–Crippen LogP) is 5.40. The lowest BCUT2D eigenvalue weighted by molar-refractivity contribution is -0.151. The second kappa shape index (κ2) is 32.6. The Morgan fingerprint density at radius 1 is 0.822 bits per heavy atom. The van der Waals surface area contributed by atoms with Crippen molar-refractivity contribution in [2.24, 2.45) is 23.5 Å². The first-order valence-corrected chi connectivity index (χ1v) is 30.9. The summed E-state index contributed by atoms with van der Waals surface area (Å²) in [5.41, 5.74) is 7.89. The van der Waals surface area contributed by atoms with Crippen LogP contribution < -0.4 is 27.0 Å². The molecule has 2 aromatic carbocycles. The largest absolute Gasteiger partial charge is 0.457 e. The van der Waals surface area contributed by atoms with Crippen molar-refractivity contribution in [2.45, 2.75) is 155 Å². The third-order valence-corrected chi connectivity index (χ3v) is 16.6. The molecular weight excluding hydrogens is 1170 g/mol. The summed E-state index contributed by atoms with van der Waals surface area (Å²) in [6.07, 6.45) is 7.58. The van der Waals surface area contributed by atoms with Crippen LogP contribution in [0.5, 0.6) is 0 Å². The number of carbonyl (C=O) groups excluding carboxylic acids is 10. The lowest BCUT2D eigenvalue weighted by Crippen LogP contribution is -2.54. The molecule has 7 N–H and O–H groups in total. The van der Waals surface area contributed by atoms with Crippen LogP contribution >= 0.6 is 0 Å². The third-order valence-electron chi connectivity index (χ3n) is 16.6. The molecule has 10 amide bonds. The van der Waals surface area contributed by atoms with Gasteiger partial charge >= 0.3 is 24.2 Å². The molecule has 90 heavy (non-hydrogen) atoms. The fourth-order valence-electron chi connectivity index (χ4n) is 11.2. The molecule has 0 saturated carbocycles. The van der Waals surface area contributed by atoms with Crippen molar-refractivity contribution in [1.29, 1.82) is 0 Å². The fourth-order valence-corrected chi connectivity index (χ4v) is 11.2. The van der Waals surface area contributed by atoms with Crippen molar-refractivity contribution in [1.82, 2.24) is 50.5 Å². The molecule has 0 bridgehead atoms. The van der Waals surface area contributed by atoms with Crippen molar-refractivity contribution in [3.8, 4) is 0 Å². The first-order chi connectivity index (χ1) is 42.9. The zero-order valence-corrected chi connectivity index (χ0v) is 52.0. The van der Waals surface area contributed by atoms with Gasteiger partial charge in [0.15, 0.2) is 5.82 Å². The van der Waals surface area contributed by atoms with E-state index in [2.05, 4.69) is 31.6 Å². The van der Waals surface area contributed by atoms with Crippen LogP contribution in [0.2, 0.25) is 0 Å². The zero-order chi connectivity index (χ0) is 65.2. The van der Waals surface area contributed by atoms with E-state index in [1.807, 2.05) is 19.9 Å². The lowest BCUT2D eigenvalue weighted by atomic mass is 9.91. The molecule has 0 spiro atoms. The molecule has 2 fully saturated rings. The van der Waals surface area contributed by atoms with Crippen molar-refractivity contribution >= 4 is 82.4 Å². The number of aromatic nitrogens is 3. The number of carbonyl (C=O) groups is 10. The van der Waals surface area contributed by atoms with Crippen LogP contribution in [0.25, 0.3) is 17.1 Å². The number of fused-ring (bicyclic) bond motifs is 1. The van der Waals surface area contributed by atoms with Gasteiger partial charge in [0.2, 0.25) is 23.6 Å². The molecular formula is C63H85FN12O14. The Balaban J connectivity index is 0.890. The zero-order valence-electron chi connectivity index (χ0n) is 52.0. The van der Waals surface area contributed by atoms with E-state index >= 15 is 4.39 Å². The molecule has 27 heteroatoms. The summed E-state index contributed by atoms with van der Waals surface area (Å²) >= 11 is 0. The van der Waals surface area contributed by atoms with Crippen molar-refractivity contribution < 1.29 is 71.7 Å². The minimum atomic E-state index is -1.09. The Hall–Kier alpha value is -8.75. The van der Waals surface area contributed by atoms with E-state index in [9.17, 15) is 53.1 Å². The normalized spacial score (nSPS) is 21.1. The number of aliphatic hydroxyl groups is 1. The molecule has 4 aliphatic rings. The smallest absolute Gasteiger partial charge is 0.410 e. The van der Waals surface area contributed by atoms with E-state index < -0.39 is 78.1 Å². The number of rotatable bonds is 22. The van der Waals surface area contributed by atoms with Gasteiger partial charge in [0.05, 0.1) is 24.1 Å². The van der Waals surface area contributed by atoms with Gasteiger partial charge in [-0.15, -0.1) is 5.10 Å². The summed E-state index contributed by atoms with van der Waals surface area (Å²) < 4.78 is 35.1. The number of nitrogens with zero attached hydrogens (tertiary/aromatic N) is 7. The highest BCUT2D eigenvalue weighted by molar-refractivity contribution is 6.12. The number of benzene rings is 2. The first kappa shape index (κ1) is 68.7. The maximum atomic E-state index is 15.6.